The van der Waals surface area contributed by atoms with Crippen LogP contribution in [0.4, 0.5) is 0 Å². The molecule has 26 heavy (non-hydrogen) atoms. The van der Waals surface area contributed by atoms with Gasteiger partial charge in [-0.2, -0.15) is 34.8 Å². The lowest BCUT2D eigenvalue weighted by molar-refractivity contribution is -0.374. The van der Waals surface area contributed by atoms with E-state index in [4.69, 9.17) is 0 Å². The molecule has 3 rings (SSSR count). The van der Waals surface area contributed by atoms with Crippen molar-refractivity contribution < 1.29 is 4.92 Å². The molecule has 0 fully saturated rings. The van der Waals surface area contributed by atoms with Crippen LogP contribution < -0.4 is 10.4 Å². The number of nitriles is 2. The number of hydroxylamine groups is 2. The second-order valence-electron chi connectivity index (χ2n) is 5.20. The van der Waals surface area contributed by atoms with Gasteiger partial charge in [-0.3, -0.25) is 10.1 Å². The molecule has 0 atom stereocenters. The van der Waals surface area contributed by atoms with E-state index in [2.05, 4.69) is 6.07 Å². The van der Waals surface area contributed by atoms with Crippen molar-refractivity contribution in [2.45, 2.75) is 0 Å². The van der Waals surface area contributed by atoms with Crippen molar-refractivity contribution in [2.24, 2.45) is 0 Å². The zero-order valence-corrected chi connectivity index (χ0v) is 13.0. The summed E-state index contributed by atoms with van der Waals surface area (Å²) in [5.41, 5.74) is -1.36. The standard InChI is InChI=1S/C18H7N4O4/c19-9-15(21(23)24)17-11-5-1-2-6-12(11)18(16(10-20)22(25)26)14-8-4-3-7-13(14)17/h1-3,5-8H/q-3. The lowest BCUT2D eigenvalue weighted by atomic mass is 9.96. The van der Waals surface area contributed by atoms with Crippen LogP contribution in [0.3, 0.4) is 0 Å². The molecule has 0 aliphatic carbocycles. The molecule has 0 spiro atoms. The van der Waals surface area contributed by atoms with Crippen molar-refractivity contribution in [3.05, 3.63) is 79.5 Å². The number of rotatable bonds is 2. The van der Waals surface area contributed by atoms with E-state index in [9.17, 15) is 31.1 Å². The van der Waals surface area contributed by atoms with Gasteiger partial charge in [-0.25, -0.2) is 0 Å². The smallest absolute Gasteiger partial charge is 0.351 e. The third-order valence-electron chi connectivity index (χ3n) is 3.92. The van der Waals surface area contributed by atoms with Gasteiger partial charge in [-0.15, -0.1) is 10.8 Å². The predicted molar refractivity (Wildman–Crippen MR) is 93.1 cm³/mol. The van der Waals surface area contributed by atoms with Crippen LogP contribution in [-0.4, -0.2) is 10.1 Å². The molecule has 0 saturated carbocycles. The molecule has 0 aromatic heterocycles. The summed E-state index contributed by atoms with van der Waals surface area (Å²) in [5.74, 6) is 0. The van der Waals surface area contributed by atoms with Crippen LogP contribution >= 0.6 is 0 Å². The summed E-state index contributed by atoms with van der Waals surface area (Å²) in [5, 5.41) is 53.0. The van der Waals surface area contributed by atoms with Crippen molar-refractivity contribution in [1.29, 1.82) is 10.5 Å². The highest BCUT2D eigenvalue weighted by molar-refractivity contribution is 6.03. The highest BCUT2D eigenvalue weighted by atomic mass is 16.8. The largest absolute Gasteiger partial charge is 0.769 e. The van der Waals surface area contributed by atoms with Crippen molar-refractivity contribution >= 4 is 32.9 Å². The average Bonchev–Trinajstić information content (AvgIpc) is 2.63. The summed E-state index contributed by atoms with van der Waals surface area (Å²) in [7, 11) is 0. The Kier molecular flexibility index (Phi) is 4.21. The monoisotopic (exact) mass is 343 g/mol. The van der Waals surface area contributed by atoms with Gasteiger partial charge in [0.2, 0.25) is 0 Å². The number of nitro groups is 1. The van der Waals surface area contributed by atoms with E-state index in [1.54, 1.807) is 24.3 Å². The maximum atomic E-state index is 11.4. The third-order valence-corrected chi connectivity index (χ3v) is 3.92. The molecule has 0 N–H and O–H groups in total. The van der Waals surface area contributed by atoms with E-state index >= 15 is 0 Å². The van der Waals surface area contributed by atoms with Gasteiger partial charge in [-0.05, 0) is 16.0 Å². The van der Waals surface area contributed by atoms with Crippen molar-refractivity contribution in [3.63, 3.8) is 0 Å². The molecule has 8 nitrogen and oxygen atoms in total. The molecule has 126 valence electrons. The predicted octanol–water partition coefficient (Wildman–Crippen LogP) is 1.63. The Hall–Kier alpha value is -3.98. The van der Waals surface area contributed by atoms with Crippen LogP contribution in [0.15, 0.2) is 42.5 Å². The SMILES string of the molecule is N#CC(=c1c2c[c-]ccc2c(=C(C#N)[N+](=O)[O-])c2ccccc12)N([O-])[O-]. The topological polar surface area (TPSA) is 140 Å². The lowest BCUT2D eigenvalue weighted by Gasteiger charge is -2.37. The van der Waals surface area contributed by atoms with Gasteiger partial charge in [0.05, 0.1) is 15.8 Å². The summed E-state index contributed by atoms with van der Waals surface area (Å²) in [6.07, 6.45) is 0. The molecule has 0 amide bonds. The Bertz CT molecular complexity index is 1200. The summed E-state index contributed by atoms with van der Waals surface area (Å²) < 4.78 is 0. The molecule has 0 unspecified atom stereocenters. The molecule has 0 heterocycles. The fourth-order valence-corrected chi connectivity index (χ4v) is 2.95. The molecule has 0 aliphatic heterocycles. The highest BCUT2D eigenvalue weighted by Crippen LogP contribution is 2.17. The van der Waals surface area contributed by atoms with E-state index < -0.39 is 21.5 Å². The van der Waals surface area contributed by atoms with Gasteiger partial charge < -0.3 is 15.6 Å². The summed E-state index contributed by atoms with van der Waals surface area (Å²) in [6, 6.07) is 16.6. The zero-order valence-electron chi connectivity index (χ0n) is 13.0. The van der Waals surface area contributed by atoms with Crippen LogP contribution in [0.5, 0.6) is 0 Å². The number of hydrogen-bond acceptors (Lipinski definition) is 7. The molecule has 0 bridgehead atoms. The van der Waals surface area contributed by atoms with E-state index in [0.717, 1.165) is 0 Å². The first-order chi connectivity index (χ1) is 12.5. The fourth-order valence-electron chi connectivity index (χ4n) is 2.95. The number of fused-ring (bicyclic) bond motifs is 2. The molecule has 0 saturated heterocycles. The van der Waals surface area contributed by atoms with Gasteiger partial charge in [0.1, 0.15) is 6.07 Å². The molecule has 0 radical (unpaired) electrons. The molecule has 3 aromatic carbocycles. The summed E-state index contributed by atoms with van der Waals surface area (Å²) in [6.45, 7) is 0. The van der Waals surface area contributed by atoms with Crippen LogP contribution in [0.1, 0.15) is 0 Å². The van der Waals surface area contributed by atoms with Crippen LogP contribution in [0.2, 0.25) is 0 Å². The second-order valence-corrected chi connectivity index (χ2v) is 5.20. The minimum absolute atomic E-state index is 0.0457. The molecule has 3 aromatic rings. The third kappa shape index (κ3) is 2.48. The van der Waals surface area contributed by atoms with Crippen LogP contribution in [0, 0.1) is 49.3 Å². The van der Waals surface area contributed by atoms with Gasteiger partial charge in [-0.1, -0.05) is 24.3 Å². The Morgan fingerprint density at radius 1 is 1.00 bits per heavy atom. The van der Waals surface area contributed by atoms with Crippen LogP contribution in [0.25, 0.3) is 32.9 Å². The molecular weight excluding hydrogens is 336 g/mol. The Labute approximate surface area is 146 Å². The van der Waals surface area contributed by atoms with Crippen molar-refractivity contribution in [1.82, 2.24) is 5.23 Å². The van der Waals surface area contributed by atoms with Crippen molar-refractivity contribution in [3.8, 4) is 12.1 Å². The van der Waals surface area contributed by atoms with Gasteiger partial charge in [0.25, 0.3) is 0 Å². The van der Waals surface area contributed by atoms with Crippen LogP contribution in [-0.2, 0) is 0 Å². The number of benzene rings is 3. The van der Waals surface area contributed by atoms with E-state index in [-0.39, 0.29) is 32.0 Å². The lowest BCUT2D eigenvalue weighted by Crippen LogP contribution is -2.23. The van der Waals surface area contributed by atoms with Gasteiger partial charge >= 0.3 is 5.70 Å². The molecule has 0 aliphatic rings. The normalized spacial score (nSPS) is 12.9. The Morgan fingerprint density at radius 3 is 2.15 bits per heavy atom. The maximum Gasteiger partial charge on any atom is 0.351 e. The summed E-state index contributed by atoms with van der Waals surface area (Å²) >= 11 is 0. The number of hydrogen-bond donors (Lipinski definition) is 0. The first-order valence-electron chi connectivity index (χ1n) is 7.19. The first kappa shape index (κ1) is 16.9. The van der Waals surface area contributed by atoms with E-state index in [1.165, 1.54) is 30.3 Å². The number of nitrogens with zero attached hydrogens (tertiary/aromatic N) is 4. The fraction of sp³-hybridized carbons (Fsp3) is 0. The minimum Gasteiger partial charge on any atom is -0.769 e. The highest BCUT2D eigenvalue weighted by Gasteiger charge is 2.15. The van der Waals surface area contributed by atoms with Gasteiger partial charge in [0, 0.05) is 0 Å². The van der Waals surface area contributed by atoms with E-state index in [0.29, 0.717) is 0 Å². The Morgan fingerprint density at radius 2 is 1.62 bits per heavy atom. The first-order valence-corrected chi connectivity index (χ1v) is 7.19. The Balaban J connectivity index is 2.90. The summed E-state index contributed by atoms with van der Waals surface area (Å²) in [4.78, 5) is 10.6. The molecular formula is C18H7N4O4-3. The van der Waals surface area contributed by atoms with Gasteiger partial charge in [0.15, 0.2) is 6.07 Å². The van der Waals surface area contributed by atoms with Crippen molar-refractivity contribution in [2.75, 3.05) is 0 Å². The minimum atomic E-state index is -0.795. The second kappa shape index (κ2) is 6.49. The maximum absolute atomic E-state index is 11.4. The quantitative estimate of drug-likeness (QED) is 0.298. The average molecular weight is 343 g/mol. The zero-order chi connectivity index (χ0) is 18.8. The van der Waals surface area contributed by atoms with E-state index in [1.807, 2.05) is 0 Å². The molecule has 8 heteroatoms.